The van der Waals surface area contributed by atoms with Crippen LogP contribution in [0.3, 0.4) is 0 Å². The van der Waals surface area contributed by atoms with Gasteiger partial charge in [-0.15, -0.1) is 0 Å². The molecular weight excluding hydrogens is 321 g/mol. The smallest absolute Gasteiger partial charge is 0.305 e. The predicted octanol–water partition coefficient (Wildman–Crippen LogP) is 3.57. The number of nitrogens with one attached hydrogen (secondary N) is 1. The molecule has 0 aromatic heterocycles. The van der Waals surface area contributed by atoms with Crippen molar-refractivity contribution in [2.75, 3.05) is 0 Å². The van der Waals surface area contributed by atoms with Crippen LogP contribution in [0.5, 0.6) is 0 Å². The van der Waals surface area contributed by atoms with Crippen LogP contribution in [0.25, 0.3) is 0 Å². The molecule has 25 heavy (non-hydrogen) atoms. The topological polar surface area (TPSA) is 66.4 Å². The zero-order valence-electron chi connectivity index (χ0n) is 13.9. The Morgan fingerprint density at radius 3 is 2.52 bits per heavy atom. The molecule has 1 amide bonds. The van der Waals surface area contributed by atoms with Crippen molar-refractivity contribution in [3.63, 3.8) is 0 Å². The Bertz CT molecular complexity index is 788. The van der Waals surface area contributed by atoms with Crippen molar-refractivity contribution >= 4 is 11.9 Å². The maximum atomic E-state index is 13.0. The Morgan fingerprint density at radius 1 is 1.20 bits per heavy atom. The quantitative estimate of drug-likeness (QED) is 0.844. The van der Waals surface area contributed by atoms with Crippen LogP contribution < -0.4 is 5.32 Å². The number of hydrogen-bond donors (Lipinski definition) is 2. The third-order valence-electron chi connectivity index (χ3n) is 4.68. The van der Waals surface area contributed by atoms with Crippen LogP contribution in [0, 0.1) is 18.7 Å². The summed E-state index contributed by atoms with van der Waals surface area (Å²) in [6.45, 7) is 1.90. The minimum Gasteiger partial charge on any atom is -0.481 e. The van der Waals surface area contributed by atoms with Gasteiger partial charge in [0.25, 0.3) is 0 Å². The summed E-state index contributed by atoms with van der Waals surface area (Å²) in [5.74, 6) is -1.52. The van der Waals surface area contributed by atoms with Crippen LogP contribution in [-0.4, -0.2) is 17.0 Å². The molecule has 5 heteroatoms. The summed E-state index contributed by atoms with van der Waals surface area (Å²) in [7, 11) is 0. The third-order valence-corrected chi connectivity index (χ3v) is 4.68. The molecule has 0 radical (unpaired) electrons. The van der Waals surface area contributed by atoms with Crippen LogP contribution in [0.15, 0.2) is 48.5 Å². The molecule has 1 aliphatic rings. The Balaban J connectivity index is 1.70. The second-order valence-electron chi connectivity index (χ2n) is 6.52. The van der Waals surface area contributed by atoms with E-state index in [1.807, 2.05) is 31.2 Å². The van der Waals surface area contributed by atoms with Gasteiger partial charge in [0.15, 0.2) is 0 Å². The summed E-state index contributed by atoms with van der Waals surface area (Å²) in [6.07, 6.45) is 0.537. The van der Waals surface area contributed by atoms with E-state index in [-0.39, 0.29) is 30.0 Å². The van der Waals surface area contributed by atoms with E-state index in [9.17, 15) is 19.1 Å². The molecule has 0 spiro atoms. The molecule has 0 bridgehead atoms. The fraction of sp³-hybridized carbons (Fsp3) is 0.300. The van der Waals surface area contributed by atoms with Crippen molar-refractivity contribution in [3.8, 4) is 0 Å². The fourth-order valence-electron chi connectivity index (χ4n) is 3.23. The Morgan fingerprint density at radius 2 is 1.88 bits per heavy atom. The van der Waals surface area contributed by atoms with E-state index < -0.39 is 12.0 Å². The summed E-state index contributed by atoms with van der Waals surface area (Å²) < 4.78 is 13.0. The maximum absolute atomic E-state index is 13.0. The lowest BCUT2D eigenvalue weighted by Gasteiger charge is -2.19. The number of halogens is 1. The predicted molar refractivity (Wildman–Crippen MR) is 91.6 cm³/mol. The molecule has 4 nitrogen and oxygen atoms in total. The second kappa shape index (κ2) is 7.05. The molecule has 2 N–H and O–H groups in total. The first kappa shape index (κ1) is 17.1. The normalized spacial score (nSPS) is 19.9. The Hall–Kier alpha value is -2.69. The van der Waals surface area contributed by atoms with Gasteiger partial charge in [-0.1, -0.05) is 36.4 Å². The van der Waals surface area contributed by atoms with Crippen LogP contribution in [0.1, 0.15) is 41.5 Å². The monoisotopic (exact) mass is 341 g/mol. The number of carbonyl (C=O) groups is 2. The number of carboxylic acid groups (broad SMARTS) is 1. The number of aryl methyl sites for hydroxylation is 1. The van der Waals surface area contributed by atoms with Crippen LogP contribution in [-0.2, 0) is 9.59 Å². The van der Waals surface area contributed by atoms with E-state index >= 15 is 0 Å². The van der Waals surface area contributed by atoms with E-state index in [0.29, 0.717) is 6.42 Å². The number of carboxylic acids is 1. The van der Waals surface area contributed by atoms with E-state index in [1.165, 1.54) is 12.1 Å². The van der Waals surface area contributed by atoms with Gasteiger partial charge in [-0.3, -0.25) is 9.59 Å². The molecule has 0 heterocycles. The lowest BCUT2D eigenvalue weighted by molar-refractivity contribution is -0.137. The molecular formula is C20H20FNO3. The number of carbonyl (C=O) groups excluding carboxylic acids is 1. The first-order valence-electron chi connectivity index (χ1n) is 8.29. The van der Waals surface area contributed by atoms with Crippen molar-refractivity contribution in [1.29, 1.82) is 0 Å². The number of amides is 1. The zero-order chi connectivity index (χ0) is 18.0. The number of aliphatic carboxylic acids is 1. The summed E-state index contributed by atoms with van der Waals surface area (Å²) >= 11 is 0. The summed E-state index contributed by atoms with van der Waals surface area (Å²) in [4.78, 5) is 23.7. The molecule has 3 unspecified atom stereocenters. The SMILES string of the molecule is Cc1ccccc1C(CC(=O)O)NC(=O)C1CC1c1ccc(F)cc1. The van der Waals surface area contributed by atoms with Gasteiger partial charge in [0.2, 0.25) is 5.91 Å². The largest absolute Gasteiger partial charge is 0.481 e. The van der Waals surface area contributed by atoms with E-state index in [4.69, 9.17) is 0 Å². The van der Waals surface area contributed by atoms with Crippen LogP contribution in [0.2, 0.25) is 0 Å². The maximum Gasteiger partial charge on any atom is 0.305 e. The summed E-state index contributed by atoms with van der Waals surface area (Å²) in [5.41, 5.74) is 2.70. The average molecular weight is 341 g/mol. The number of hydrogen-bond acceptors (Lipinski definition) is 2. The van der Waals surface area contributed by atoms with Gasteiger partial charge in [0, 0.05) is 5.92 Å². The van der Waals surface area contributed by atoms with E-state index in [2.05, 4.69) is 5.32 Å². The van der Waals surface area contributed by atoms with Gasteiger partial charge < -0.3 is 10.4 Å². The highest BCUT2D eigenvalue weighted by Crippen LogP contribution is 2.47. The van der Waals surface area contributed by atoms with Crippen molar-refractivity contribution in [1.82, 2.24) is 5.32 Å². The molecule has 1 saturated carbocycles. The first-order valence-corrected chi connectivity index (χ1v) is 8.29. The standard InChI is InChI=1S/C20H20FNO3/c1-12-4-2-3-5-15(12)18(11-19(23)24)22-20(25)17-10-16(17)13-6-8-14(21)9-7-13/h2-9,16-18H,10-11H2,1H3,(H,22,25)(H,23,24). The molecule has 2 aromatic rings. The molecule has 3 atom stereocenters. The van der Waals surface area contributed by atoms with Crippen molar-refractivity contribution < 1.29 is 19.1 Å². The lowest BCUT2D eigenvalue weighted by atomic mass is 9.98. The lowest BCUT2D eigenvalue weighted by Crippen LogP contribution is -2.32. The van der Waals surface area contributed by atoms with Crippen LogP contribution in [0.4, 0.5) is 4.39 Å². The van der Waals surface area contributed by atoms with Gasteiger partial charge in [-0.05, 0) is 48.1 Å². The Kier molecular flexibility index (Phi) is 4.83. The molecule has 3 rings (SSSR count). The Labute approximate surface area is 145 Å². The highest BCUT2D eigenvalue weighted by atomic mass is 19.1. The molecule has 130 valence electrons. The van der Waals surface area contributed by atoms with Crippen LogP contribution >= 0.6 is 0 Å². The minimum absolute atomic E-state index is 0.0722. The zero-order valence-corrected chi connectivity index (χ0v) is 13.9. The molecule has 0 aliphatic heterocycles. The fourth-order valence-corrected chi connectivity index (χ4v) is 3.23. The van der Waals surface area contributed by atoms with E-state index in [1.54, 1.807) is 12.1 Å². The van der Waals surface area contributed by atoms with Gasteiger partial charge in [0.1, 0.15) is 5.82 Å². The highest BCUT2D eigenvalue weighted by molar-refractivity contribution is 5.84. The molecule has 0 saturated heterocycles. The van der Waals surface area contributed by atoms with Gasteiger partial charge in [0.05, 0.1) is 12.5 Å². The summed E-state index contributed by atoms with van der Waals surface area (Å²) in [6, 6.07) is 13.1. The van der Waals surface area contributed by atoms with Crippen molar-refractivity contribution in [2.45, 2.75) is 31.7 Å². The highest BCUT2D eigenvalue weighted by Gasteiger charge is 2.44. The second-order valence-corrected chi connectivity index (χ2v) is 6.52. The van der Waals surface area contributed by atoms with Gasteiger partial charge >= 0.3 is 5.97 Å². The van der Waals surface area contributed by atoms with Gasteiger partial charge in [-0.2, -0.15) is 0 Å². The molecule has 1 fully saturated rings. The van der Waals surface area contributed by atoms with E-state index in [0.717, 1.165) is 16.7 Å². The van der Waals surface area contributed by atoms with Crippen molar-refractivity contribution in [3.05, 3.63) is 71.0 Å². The first-order chi connectivity index (χ1) is 12.0. The van der Waals surface area contributed by atoms with Gasteiger partial charge in [-0.25, -0.2) is 4.39 Å². The third kappa shape index (κ3) is 4.05. The molecule has 1 aliphatic carbocycles. The number of rotatable bonds is 6. The van der Waals surface area contributed by atoms with Crippen molar-refractivity contribution in [2.24, 2.45) is 5.92 Å². The minimum atomic E-state index is -0.959. The molecule has 2 aromatic carbocycles. The average Bonchev–Trinajstić information content (AvgIpc) is 3.36. The number of benzene rings is 2. The summed E-state index contributed by atoms with van der Waals surface area (Å²) in [5, 5.41) is 12.1.